The summed E-state index contributed by atoms with van der Waals surface area (Å²) >= 11 is 0. The molecule has 2 aliphatic heterocycles. The van der Waals surface area contributed by atoms with Gasteiger partial charge >= 0.3 is 0 Å². The smallest absolute Gasteiger partial charge is 0.264 e. The Balaban J connectivity index is 1.61. The van der Waals surface area contributed by atoms with E-state index in [4.69, 9.17) is 24.7 Å². The fourth-order valence-corrected chi connectivity index (χ4v) is 3.79. The molecule has 0 spiro atoms. The van der Waals surface area contributed by atoms with Crippen molar-refractivity contribution in [3.63, 3.8) is 0 Å². The van der Waals surface area contributed by atoms with Crippen LogP contribution in [0.25, 0.3) is 0 Å². The first-order chi connectivity index (χ1) is 17.1. The standard InChI is InChI=1S/C28H36N2O5/c1-3-5-6-7-8-9-13-22(12-4-2)28-34-25-20-23(27(29)31)24(21-26(25)35-28)33-17-11-10-14-30-15-18-32-19-16-30/h3-4,6-9,13,20-21,28H,1-2,5,10-12,14-19H2,(H2,29,31). The summed E-state index contributed by atoms with van der Waals surface area (Å²) < 4.78 is 23.3. The topological polar surface area (TPSA) is 83.3 Å². The Labute approximate surface area is 208 Å². The zero-order valence-electron chi connectivity index (χ0n) is 20.3. The summed E-state index contributed by atoms with van der Waals surface area (Å²) in [5.41, 5.74) is 6.79. The highest BCUT2D eigenvalue weighted by Crippen LogP contribution is 2.41. The van der Waals surface area contributed by atoms with Crippen molar-refractivity contribution in [1.82, 2.24) is 4.90 Å². The number of unbranched alkanes of at least 4 members (excludes halogenated alkanes) is 1. The third-order valence-electron chi connectivity index (χ3n) is 5.66. The van der Waals surface area contributed by atoms with Gasteiger partial charge in [0.15, 0.2) is 11.5 Å². The van der Waals surface area contributed by atoms with Gasteiger partial charge in [0.25, 0.3) is 12.2 Å². The number of rotatable bonds is 14. The van der Waals surface area contributed by atoms with Gasteiger partial charge in [-0.2, -0.15) is 0 Å². The Morgan fingerprint density at radius 3 is 2.57 bits per heavy atom. The molecule has 7 nitrogen and oxygen atoms in total. The van der Waals surface area contributed by atoms with Crippen LogP contribution in [0.1, 0.15) is 36.0 Å². The fraction of sp³-hybridized carbons (Fsp3) is 0.393. The molecule has 0 aliphatic carbocycles. The predicted molar refractivity (Wildman–Crippen MR) is 138 cm³/mol. The van der Waals surface area contributed by atoms with Gasteiger partial charge in [-0.25, -0.2) is 0 Å². The third kappa shape index (κ3) is 8.16. The molecule has 0 bridgehead atoms. The van der Waals surface area contributed by atoms with E-state index in [0.717, 1.165) is 57.7 Å². The van der Waals surface area contributed by atoms with Crippen molar-refractivity contribution in [2.45, 2.75) is 32.0 Å². The number of nitrogens with zero attached hydrogens (tertiary/aromatic N) is 1. The lowest BCUT2D eigenvalue weighted by Gasteiger charge is -2.26. The van der Waals surface area contributed by atoms with Crippen molar-refractivity contribution in [2.24, 2.45) is 5.73 Å². The van der Waals surface area contributed by atoms with Crippen LogP contribution in [0.2, 0.25) is 0 Å². The highest BCUT2D eigenvalue weighted by Gasteiger charge is 2.29. The number of primary amides is 1. The van der Waals surface area contributed by atoms with Crippen molar-refractivity contribution >= 4 is 5.91 Å². The van der Waals surface area contributed by atoms with E-state index in [9.17, 15) is 4.79 Å². The van der Waals surface area contributed by atoms with Gasteiger partial charge < -0.3 is 24.7 Å². The zero-order chi connectivity index (χ0) is 24.9. The molecule has 0 radical (unpaired) electrons. The average Bonchev–Trinajstić information content (AvgIpc) is 3.28. The molecule has 3 rings (SSSR count). The predicted octanol–water partition coefficient (Wildman–Crippen LogP) is 4.57. The molecular weight excluding hydrogens is 444 g/mol. The Bertz CT molecular complexity index is 960. The monoisotopic (exact) mass is 480 g/mol. The van der Waals surface area contributed by atoms with Gasteiger partial charge in [0.2, 0.25) is 0 Å². The van der Waals surface area contributed by atoms with E-state index in [2.05, 4.69) is 18.1 Å². The number of carbonyl (C=O) groups is 1. The lowest BCUT2D eigenvalue weighted by atomic mass is 10.1. The Morgan fingerprint density at radius 2 is 1.86 bits per heavy atom. The molecule has 1 atom stereocenters. The van der Waals surface area contributed by atoms with Crippen LogP contribution in [-0.4, -0.2) is 56.6 Å². The van der Waals surface area contributed by atoms with Crippen LogP contribution in [0.5, 0.6) is 17.2 Å². The van der Waals surface area contributed by atoms with Crippen LogP contribution in [0.4, 0.5) is 0 Å². The lowest BCUT2D eigenvalue weighted by Crippen LogP contribution is -2.36. The second-order valence-corrected chi connectivity index (χ2v) is 8.31. The van der Waals surface area contributed by atoms with E-state index in [1.54, 1.807) is 18.2 Å². The number of hydrogen-bond acceptors (Lipinski definition) is 6. The minimum Gasteiger partial charge on any atom is -0.493 e. The number of nitrogens with two attached hydrogens (primary N) is 1. The van der Waals surface area contributed by atoms with Crippen molar-refractivity contribution < 1.29 is 23.7 Å². The molecule has 2 heterocycles. The van der Waals surface area contributed by atoms with E-state index in [0.29, 0.717) is 30.3 Å². The molecule has 7 heteroatoms. The highest BCUT2D eigenvalue weighted by atomic mass is 16.7. The third-order valence-corrected chi connectivity index (χ3v) is 5.66. The zero-order valence-corrected chi connectivity index (χ0v) is 20.3. The second kappa shape index (κ2) is 14.2. The van der Waals surface area contributed by atoms with E-state index in [1.807, 2.05) is 36.5 Å². The van der Waals surface area contributed by atoms with Gasteiger partial charge in [0, 0.05) is 30.8 Å². The SMILES string of the molecule is C=CCC=CC=CC=C(CC=C)C1Oc2cc(OCCCCN3CCOCC3)c(C(N)=O)cc2O1. The van der Waals surface area contributed by atoms with Crippen LogP contribution in [0, 0.1) is 0 Å². The first-order valence-corrected chi connectivity index (χ1v) is 12.1. The maximum Gasteiger partial charge on any atom is 0.264 e. The summed E-state index contributed by atoms with van der Waals surface area (Å²) in [5, 5.41) is 0. The minimum atomic E-state index is -0.616. The average molecular weight is 481 g/mol. The number of hydrogen-bond donors (Lipinski definition) is 1. The maximum atomic E-state index is 12.1. The molecule has 1 amide bonds. The molecule has 0 aromatic heterocycles. The van der Waals surface area contributed by atoms with Crippen LogP contribution in [-0.2, 0) is 4.74 Å². The summed E-state index contributed by atoms with van der Waals surface area (Å²) in [7, 11) is 0. The summed E-state index contributed by atoms with van der Waals surface area (Å²) in [6, 6.07) is 3.29. The molecule has 1 saturated heterocycles. The highest BCUT2D eigenvalue weighted by molar-refractivity contribution is 5.96. The summed E-state index contributed by atoms with van der Waals surface area (Å²) in [4.78, 5) is 14.5. The van der Waals surface area contributed by atoms with Gasteiger partial charge in [0.05, 0.1) is 25.4 Å². The molecule has 1 aromatic rings. The number of ether oxygens (including phenoxy) is 4. The molecule has 2 aliphatic rings. The molecule has 1 fully saturated rings. The Hall–Kier alpha value is -3.29. The molecular formula is C28H36N2O5. The van der Waals surface area contributed by atoms with E-state index in [1.165, 1.54) is 0 Å². The largest absolute Gasteiger partial charge is 0.493 e. The normalized spacial score (nSPS) is 18.3. The molecule has 2 N–H and O–H groups in total. The Kier molecular flexibility index (Phi) is 10.7. The maximum absolute atomic E-state index is 12.1. The number of carbonyl (C=O) groups excluding carboxylic acids is 1. The lowest BCUT2D eigenvalue weighted by molar-refractivity contribution is 0.0368. The molecule has 1 unspecified atom stereocenters. The van der Waals surface area contributed by atoms with Crippen LogP contribution in [0.3, 0.4) is 0 Å². The first-order valence-electron chi connectivity index (χ1n) is 12.1. The summed E-state index contributed by atoms with van der Waals surface area (Å²) in [5.74, 6) is 0.828. The summed E-state index contributed by atoms with van der Waals surface area (Å²) in [6.45, 7) is 12.6. The van der Waals surface area contributed by atoms with Crippen LogP contribution >= 0.6 is 0 Å². The van der Waals surface area contributed by atoms with Crippen molar-refractivity contribution in [3.05, 3.63) is 79.0 Å². The van der Waals surface area contributed by atoms with Crippen molar-refractivity contribution in [1.29, 1.82) is 0 Å². The van der Waals surface area contributed by atoms with E-state index >= 15 is 0 Å². The number of benzene rings is 1. The van der Waals surface area contributed by atoms with E-state index < -0.39 is 12.2 Å². The Morgan fingerprint density at radius 1 is 1.09 bits per heavy atom. The number of fused-ring (bicyclic) bond motifs is 1. The minimum absolute atomic E-state index is 0.280. The number of amides is 1. The molecule has 1 aromatic carbocycles. The van der Waals surface area contributed by atoms with Crippen molar-refractivity contribution in [2.75, 3.05) is 39.5 Å². The first kappa shape index (κ1) is 26.3. The van der Waals surface area contributed by atoms with Crippen LogP contribution in [0.15, 0.2) is 73.4 Å². The second-order valence-electron chi connectivity index (χ2n) is 8.31. The number of allylic oxidation sites excluding steroid dienone is 7. The number of morpholine rings is 1. The molecule has 188 valence electrons. The molecule has 35 heavy (non-hydrogen) atoms. The van der Waals surface area contributed by atoms with Gasteiger partial charge in [0.1, 0.15) is 5.75 Å². The van der Waals surface area contributed by atoms with E-state index in [-0.39, 0.29) is 5.56 Å². The summed E-state index contributed by atoms with van der Waals surface area (Å²) in [6.07, 6.45) is 16.1. The molecule has 0 saturated carbocycles. The quantitative estimate of drug-likeness (QED) is 0.239. The van der Waals surface area contributed by atoms with Gasteiger partial charge in [-0.1, -0.05) is 42.5 Å². The van der Waals surface area contributed by atoms with Crippen LogP contribution < -0.4 is 19.9 Å². The van der Waals surface area contributed by atoms with Crippen molar-refractivity contribution in [3.8, 4) is 17.2 Å². The fourth-order valence-electron chi connectivity index (χ4n) is 3.79. The van der Waals surface area contributed by atoms with Gasteiger partial charge in [-0.05, 0) is 32.2 Å². The van der Waals surface area contributed by atoms with Gasteiger partial charge in [-0.3, -0.25) is 9.69 Å². The van der Waals surface area contributed by atoms with Gasteiger partial charge in [-0.15, -0.1) is 13.2 Å².